The van der Waals surface area contributed by atoms with Gasteiger partial charge in [-0.05, 0) is 4.57 Å². The van der Waals surface area contributed by atoms with E-state index in [1.807, 2.05) is 6.07 Å². The van der Waals surface area contributed by atoms with Crippen LogP contribution in [-0.2, 0) is 9.09 Å². The molecule has 0 saturated carbocycles. The topological polar surface area (TPSA) is 46.5 Å². The number of hydrogen-bond donors (Lipinski definition) is 1. The Balaban J connectivity index is 2.68. The van der Waals surface area contributed by atoms with Gasteiger partial charge < -0.3 is 5.11 Å². The molecule has 0 amide bonds. The zero-order valence-corrected chi connectivity index (χ0v) is 6.73. The van der Waals surface area contributed by atoms with Crippen molar-refractivity contribution >= 4 is 8.69 Å². The summed E-state index contributed by atoms with van der Waals surface area (Å²) in [5.74, 6) is 0. The molecule has 0 heterocycles. The lowest BCUT2D eigenvalue weighted by Crippen LogP contribution is -1.94. The van der Waals surface area contributed by atoms with Crippen LogP contribution in [0.3, 0.4) is 0 Å². The summed E-state index contributed by atoms with van der Waals surface area (Å²) in [4.78, 5) is 0. The lowest BCUT2D eigenvalue weighted by molar-refractivity contribution is -0.00923. The normalized spacial score (nSPS) is 13.2. The molecule has 0 bridgehead atoms. The van der Waals surface area contributed by atoms with E-state index >= 15 is 0 Å². The highest BCUT2D eigenvalue weighted by molar-refractivity contribution is 7.17. The van der Waals surface area contributed by atoms with Crippen LogP contribution in [0.15, 0.2) is 30.3 Å². The summed E-state index contributed by atoms with van der Waals surface area (Å²) >= 11 is 0. The molecule has 2 unspecified atom stereocenters. The molecule has 0 saturated heterocycles. The largest absolute Gasteiger partial charge is 0.497 e. The molecule has 0 aliphatic rings. The Hall–Kier alpha value is -0.760. The number of rotatable bonds is 3. The quantitative estimate of drug-likeness (QED) is 0.555. The van der Waals surface area contributed by atoms with Crippen LogP contribution in [-0.4, -0.2) is 5.11 Å². The van der Waals surface area contributed by atoms with Crippen molar-refractivity contribution in [3.05, 3.63) is 35.9 Å². The van der Waals surface area contributed by atoms with Crippen LogP contribution in [0.25, 0.3) is 0 Å². The van der Waals surface area contributed by atoms with Crippen LogP contribution < -0.4 is 0 Å². The first-order valence-corrected chi connectivity index (χ1v) is 3.92. The van der Waals surface area contributed by atoms with Gasteiger partial charge in [-0.25, -0.2) is 0 Å². The van der Waals surface area contributed by atoms with E-state index in [4.69, 9.17) is 5.11 Å². The Morgan fingerprint density at radius 1 is 1.36 bits per heavy atom. The van der Waals surface area contributed by atoms with E-state index in [1.54, 1.807) is 24.3 Å². The monoisotopic (exact) mass is 171 g/mol. The molecule has 1 rings (SSSR count). The van der Waals surface area contributed by atoms with E-state index in [2.05, 4.69) is 4.52 Å². The maximum Gasteiger partial charge on any atom is 0.497 e. The summed E-state index contributed by atoms with van der Waals surface area (Å²) in [7, 11) is -0.936. The van der Waals surface area contributed by atoms with Crippen molar-refractivity contribution in [1.82, 2.24) is 0 Å². The SMILES string of the molecule is O=[PH+]OC(O)c1ccccc1. The number of hydrogen-bond acceptors (Lipinski definition) is 3. The molecule has 1 aromatic carbocycles. The zero-order chi connectivity index (χ0) is 8.10. The van der Waals surface area contributed by atoms with Gasteiger partial charge in [-0.15, -0.1) is 4.52 Å². The number of aliphatic hydroxyl groups is 1. The molecule has 0 aromatic heterocycles. The molecule has 0 radical (unpaired) electrons. The molecule has 0 aliphatic heterocycles. The zero-order valence-electron chi connectivity index (χ0n) is 5.73. The van der Waals surface area contributed by atoms with Crippen molar-refractivity contribution in [1.29, 1.82) is 0 Å². The van der Waals surface area contributed by atoms with Crippen LogP contribution in [0, 0.1) is 0 Å². The number of benzene rings is 1. The standard InChI is InChI=1S/C7H8O3P/c8-7(10-11-9)6-4-2-1-3-5-6/h1-5,7-8,11H/q+1. The summed E-state index contributed by atoms with van der Waals surface area (Å²) in [5, 5.41) is 9.11. The molecule has 1 aromatic rings. The first-order valence-electron chi connectivity index (χ1n) is 3.10. The molecule has 0 aliphatic carbocycles. The van der Waals surface area contributed by atoms with Gasteiger partial charge in [-0.1, -0.05) is 30.3 Å². The Labute approximate surface area is 65.9 Å². The average Bonchev–Trinajstić information content (AvgIpc) is 2.07. The van der Waals surface area contributed by atoms with Crippen molar-refractivity contribution in [2.75, 3.05) is 0 Å². The van der Waals surface area contributed by atoms with E-state index in [1.165, 1.54) is 0 Å². The highest BCUT2D eigenvalue weighted by Crippen LogP contribution is 2.17. The minimum Gasteiger partial charge on any atom is -0.361 e. The summed E-state index contributed by atoms with van der Waals surface area (Å²) in [5.41, 5.74) is 0.607. The van der Waals surface area contributed by atoms with Gasteiger partial charge >= 0.3 is 8.69 Å². The maximum absolute atomic E-state index is 9.96. The Morgan fingerprint density at radius 2 is 2.00 bits per heavy atom. The molecule has 11 heavy (non-hydrogen) atoms. The third-order valence-corrected chi connectivity index (χ3v) is 1.56. The molecular weight excluding hydrogens is 163 g/mol. The van der Waals surface area contributed by atoms with Gasteiger partial charge in [0.25, 0.3) is 0 Å². The van der Waals surface area contributed by atoms with Crippen LogP contribution >= 0.6 is 8.69 Å². The molecule has 58 valence electrons. The lowest BCUT2D eigenvalue weighted by Gasteiger charge is -2.00. The third-order valence-electron chi connectivity index (χ3n) is 1.24. The van der Waals surface area contributed by atoms with Crippen LogP contribution in [0.1, 0.15) is 11.9 Å². The molecule has 0 spiro atoms. The van der Waals surface area contributed by atoms with Gasteiger partial charge in [-0.3, -0.25) is 0 Å². The number of aliphatic hydroxyl groups excluding tert-OH is 1. The van der Waals surface area contributed by atoms with Crippen molar-refractivity contribution in [3.63, 3.8) is 0 Å². The fraction of sp³-hybridized carbons (Fsp3) is 0.143. The highest BCUT2D eigenvalue weighted by atomic mass is 31.1. The Kier molecular flexibility index (Phi) is 3.17. The fourth-order valence-corrected chi connectivity index (χ4v) is 0.959. The molecule has 3 nitrogen and oxygen atoms in total. The second-order valence-corrected chi connectivity index (χ2v) is 2.37. The summed E-state index contributed by atoms with van der Waals surface area (Å²) < 4.78 is 14.4. The smallest absolute Gasteiger partial charge is 0.361 e. The summed E-state index contributed by atoms with van der Waals surface area (Å²) in [6, 6.07) is 8.77. The Bertz CT molecular complexity index is 224. The van der Waals surface area contributed by atoms with Gasteiger partial charge in [0.05, 0.1) is 0 Å². The minimum absolute atomic E-state index is 0.607. The second-order valence-electron chi connectivity index (χ2n) is 1.96. The van der Waals surface area contributed by atoms with Crippen molar-refractivity contribution in [2.45, 2.75) is 6.29 Å². The Morgan fingerprint density at radius 3 is 2.55 bits per heavy atom. The van der Waals surface area contributed by atoms with Crippen LogP contribution in [0.4, 0.5) is 0 Å². The third kappa shape index (κ3) is 2.39. The lowest BCUT2D eigenvalue weighted by atomic mass is 10.2. The van der Waals surface area contributed by atoms with E-state index in [0.29, 0.717) is 5.56 Å². The van der Waals surface area contributed by atoms with E-state index in [-0.39, 0.29) is 0 Å². The summed E-state index contributed by atoms with van der Waals surface area (Å²) in [6.45, 7) is 0. The van der Waals surface area contributed by atoms with Gasteiger partial charge in [0.2, 0.25) is 6.29 Å². The van der Waals surface area contributed by atoms with Crippen LogP contribution in [0.5, 0.6) is 0 Å². The van der Waals surface area contributed by atoms with E-state index < -0.39 is 15.0 Å². The highest BCUT2D eigenvalue weighted by Gasteiger charge is 2.10. The minimum atomic E-state index is -1.08. The fourth-order valence-electron chi connectivity index (χ4n) is 0.731. The molecule has 1 N–H and O–H groups in total. The van der Waals surface area contributed by atoms with E-state index in [9.17, 15) is 4.57 Å². The van der Waals surface area contributed by atoms with Gasteiger partial charge in [0.1, 0.15) is 0 Å². The molecule has 4 heteroatoms. The first kappa shape index (κ1) is 8.34. The van der Waals surface area contributed by atoms with Gasteiger partial charge in [-0.2, -0.15) is 0 Å². The maximum atomic E-state index is 9.96. The summed E-state index contributed by atoms with van der Waals surface area (Å²) in [6.07, 6.45) is -1.08. The van der Waals surface area contributed by atoms with Crippen molar-refractivity contribution < 1.29 is 14.2 Å². The van der Waals surface area contributed by atoms with Gasteiger partial charge in [0, 0.05) is 5.56 Å². The van der Waals surface area contributed by atoms with Crippen molar-refractivity contribution in [3.8, 4) is 0 Å². The average molecular weight is 171 g/mol. The second kappa shape index (κ2) is 4.19. The van der Waals surface area contributed by atoms with Crippen LogP contribution in [0.2, 0.25) is 0 Å². The molecule has 2 atom stereocenters. The molecule has 0 fully saturated rings. The van der Waals surface area contributed by atoms with Crippen molar-refractivity contribution in [2.24, 2.45) is 0 Å². The van der Waals surface area contributed by atoms with Gasteiger partial charge in [0.15, 0.2) is 0 Å². The van der Waals surface area contributed by atoms with E-state index in [0.717, 1.165) is 0 Å². The predicted molar refractivity (Wildman–Crippen MR) is 41.5 cm³/mol. The first-order chi connectivity index (χ1) is 5.34. The predicted octanol–water partition coefficient (Wildman–Crippen LogP) is 1.63. The molecular formula is C7H8O3P+.